The van der Waals surface area contributed by atoms with Gasteiger partial charge in [-0.25, -0.2) is 9.97 Å². The first-order chi connectivity index (χ1) is 5.38. The van der Waals surface area contributed by atoms with Gasteiger partial charge in [-0.1, -0.05) is 0 Å². The molecule has 0 saturated heterocycles. The van der Waals surface area contributed by atoms with Crippen LogP contribution in [-0.2, 0) is 0 Å². The molecule has 0 saturated carbocycles. The summed E-state index contributed by atoms with van der Waals surface area (Å²) in [6.07, 6.45) is 4.68. The van der Waals surface area contributed by atoms with Gasteiger partial charge >= 0.3 is 0 Å². The third-order valence-electron chi connectivity index (χ3n) is 1.17. The molecular formula is C7H5N3. The zero-order valence-electron chi connectivity index (χ0n) is 6.15. The second-order valence-electron chi connectivity index (χ2n) is 1.82. The lowest BCUT2D eigenvalue weighted by molar-refractivity contribution is 1.22. The Hall–Kier alpha value is -1.51. The SMILES string of the molecule is [2H]c1ccnc2nccnc12. The second-order valence-corrected chi connectivity index (χ2v) is 1.82. The average molecular weight is 132 g/mol. The van der Waals surface area contributed by atoms with Gasteiger partial charge in [-0.2, -0.15) is 0 Å². The summed E-state index contributed by atoms with van der Waals surface area (Å²) >= 11 is 0. The molecule has 10 heavy (non-hydrogen) atoms. The predicted molar refractivity (Wildman–Crippen MR) is 37.3 cm³/mol. The van der Waals surface area contributed by atoms with Crippen LogP contribution in [0.2, 0.25) is 0 Å². The van der Waals surface area contributed by atoms with E-state index in [4.69, 9.17) is 1.37 Å². The van der Waals surface area contributed by atoms with Gasteiger partial charge < -0.3 is 0 Å². The standard InChI is InChI=1S/C7H5N3/c1-2-6-7(9-3-1)10-5-4-8-6/h1-5H/i2D. The van der Waals surface area contributed by atoms with Crippen molar-refractivity contribution < 1.29 is 1.37 Å². The number of aromatic nitrogens is 3. The lowest BCUT2D eigenvalue weighted by Gasteiger charge is -1.89. The fraction of sp³-hybridized carbons (Fsp3) is 0. The van der Waals surface area contributed by atoms with Crippen molar-refractivity contribution in [3.8, 4) is 0 Å². The van der Waals surface area contributed by atoms with Crippen molar-refractivity contribution in [3.05, 3.63) is 30.7 Å². The Kier molecular flexibility index (Phi) is 0.875. The van der Waals surface area contributed by atoms with E-state index in [0.717, 1.165) is 0 Å². The minimum atomic E-state index is 0.364. The fourth-order valence-corrected chi connectivity index (χ4v) is 0.751. The molecule has 0 radical (unpaired) electrons. The Morgan fingerprint density at radius 3 is 2.80 bits per heavy atom. The van der Waals surface area contributed by atoms with Crippen LogP contribution in [0.3, 0.4) is 0 Å². The second kappa shape index (κ2) is 2.02. The van der Waals surface area contributed by atoms with Crippen LogP contribution in [-0.4, -0.2) is 15.0 Å². The molecule has 0 spiro atoms. The largest absolute Gasteiger partial charge is 0.251 e. The van der Waals surface area contributed by atoms with Crippen molar-refractivity contribution in [2.24, 2.45) is 0 Å². The molecule has 2 aromatic heterocycles. The minimum absolute atomic E-state index is 0.364. The van der Waals surface area contributed by atoms with E-state index in [9.17, 15) is 0 Å². The van der Waals surface area contributed by atoms with Crippen LogP contribution in [0.4, 0.5) is 0 Å². The van der Waals surface area contributed by atoms with E-state index < -0.39 is 0 Å². The molecule has 0 amide bonds. The average Bonchev–Trinajstić information content (AvgIpc) is 2.06. The molecule has 0 atom stereocenters. The molecule has 0 N–H and O–H groups in total. The van der Waals surface area contributed by atoms with E-state index in [1.54, 1.807) is 24.7 Å². The molecule has 0 aliphatic carbocycles. The van der Waals surface area contributed by atoms with Gasteiger partial charge in [-0.15, -0.1) is 0 Å². The van der Waals surface area contributed by atoms with Crippen molar-refractivity contribution in [1.82, 2.24) is 15.0 Å². The normalized spacial score (nSPS) is 11.4. The summed E-state index contributed by atoms with van der Waals surface area (Å²) in [4.78, 5) is 11.9. The van der Waals surface area contributed by atoms with Crippen LogP contribution in [0.25, 0.3) is 11.2 Å². The molecule has 0 bridgehead atoms. The van der Waals surface area contributed by atoms with Gasteiger partial charge in [0.15, 0.2) is 5.65 Å². The summed E-state index contributed by atoms with van der Waals surface area (Å²) in [6.45, 7) is 0. The van der Waals surface area contributed by atoms with Gasteiger partial charge in [0.1, 0.15) is 5.52 Å². The number of hydrogen-bond donors (Lipinski definition) is 0. The van der Waals surface area contributed by atoms with Crippen molar-refractivity contribution in [2.45, 2.75) is 0 Å². The molecule has 2 rings (SSSR count). The monoisotopic (exact) mass is 132 g/mol. The number of rotatable bonds is 0. The minimum Gasteiger partial charge on any atom is -0.251 e. The molecule has 2 aromatic rings. The molecule has 2 heterocycles. The number of fused-ring (bicyclic) bond motifs is 1. The first-order valence-corrected chi connectivity index (χ1v) is 2.90. The third-order valence-corrected chi connectivity index (χ3v) is 1.17. The Bertz CT molecular complexity index is 383. The molecule has 0 aromatic carbocycles. The number of hydrogen-bond acceptors (Lipinski definition) is 3. The quantitative estimate of drug-likeness (QED) is 0.537. The highest BCUT2D eigenvalue weighted by Gasteiger charge is 1.89. The van der Waals surface area contributed by atoms with Gasteiger partial charge in [0.25, 0.3) is 0 Å². The van der Waals surface area contributed by atoms with E-state index in [1.807, 2.05) is 0 Å². The molecule has 3 nitrogen and oxygen atoms in total. The molecule has 48 valence electrons. The summed E-state index contributed by atoms with van der Waals surface area (Å²) in [5.74, 6) is 0. The summed E-state index contributed by atoms with van der Waals surface area (Å²) in [5.41, 5.74) is 1.08. The summed E-state index contributed by atoms with van der Waals surface area (Å²) in [6, 6.07) is 1.96. The van der Waals surface area contributed by atoms with E-state index in [2.05, 4.69) is 15.0 Å². The van der Waals surface area contributed by atoms with Crippen LogP contribution in [0, 0.1) is 0 Å². The number of pyridine rings is 1. The predicted octanol–water partition coefficient (Wildman–Crippen LogP) is 1.02. The summed E-state index contributed by atoms with van der Waals surface area (Å²) in [5, 5.41) is 0. The molecule has 3 heteroatoms. The fourth-order valence-electron chi connectivity index (χ4n) is 0.751. The summed E-state index contributed by atoms with van der Waals surface area (Å²) in [7, 11) is 0. The maximum atomic E-state index is 7.42. The highest BCUT2D eigenvalue weighted by Crippen LogP contribution is 2.00. The van der Waals surface area contributed by atoms with Crippen LogP contribution in [0.15, 0.2) is 30.7 Å². The highest BCUT2D eigenvalue weighted by atomic mass is 14.9. The van der Waals surface area contributed by atoms with Crippen molar-refractivity contribution >= 4 is 11.2 Å². The lowest BCUT2D eigenvalue weighted by atomic mass is 10.4. The van der Waals surface area contributed by atoms with Crippen molar-refractivity contribution in [2.75, 3.05) is 0 Å². The molecule has 0 aliphatic rings. The highest BCUT2D eigenvalue weighted by molar-refractivity contribution is 5.67. The molecule has 0 unspecified atom stereocenters. The van der Waals surface area contributed by atoms with Gasteiger partial charge in [-0.05, 0) is 12.1 Å². The first kappa shape index (κ1) is 4.33. The molecule has 0 fully saturated rings. The Balaban J connectivity index is 2.91. The van der Waals surface area contributed by atoms with Crippen molar-refractivity contribution in [3.63, 3.8) is 0 Å². The van der Waals surface area contributed by atoms with Crippen LogP contribution < -0.4 is 0 Å². The van der Waals surface area contributed by atoms with Crippen LogP contribution in [0.5, 0.6) is 0 Å². The number of nitrogens with zero attached hydrogens (tertiary/aromatic N) is 3. The maximum Gasteiger partial charge on any atom is 0.178 e. The topological polar surface area (TPSA) is 38.7 Å². The smallest absolute Gasteiger partial charge is 0.178 e. The van der Waals surface area contributed by atoms with Gasteiger partial charge in [0, 0.05) is 18.6 Å². The van der Waals surface area contributed by atoms with E-state index >= 15 is 0 Å². The zero-order valence-corrected chi connectivity index (χ0v) is 5.15. The third kappa shape index (κ3) is 0.719. The Labute approximate surface area is 59.2 Å². The van der Waals surface area contributed by atoms with Crippen LogP contribution in [0.1, 0.15) is 1.37 Å². The zero-order chi connectivity index (χ0) is 7.68. The Morgan fingerprint density at radius 2 is 1.90 bits per heavy atom. The molecular weight excluding hydrogens is 126 g/mol. The Morgan fingerprint density at radius 1 is 1.10 bits per heavy atom. The van der Waals surface area contributed by atoms with E-state index in [-0.39, 0.29) is 0 Å². The molecule has 0 aliphatic heterocycles. The van der Waals surface area contributed by atoms with Crippen LogP contribution >= 0.6 is 0 Å². The first-order valence-electron chi connectivity index (χ1n) is 3.40. The summed E-state index contributed by atoms with van der Waals surface area (Å²) < 4.78 is 7.42. The van der Waals surface area contributed by atoms with Gasteiger partial charge in [-0.3, -0.25) is 4.98 Å². The van der Waals surface area contributed by atoms with Gasteiger partial charge in [0.05, 0.1) is 1.37 Å². The van der Waals surface area contributed by atoms with E-state index in [0.29, 0.717) is 17.2 Å². The van der Waals surface area contributed by atoms with E-state index in [1.165, 1.54) is 0 Å². The maximum absolute atomic E-state index is 7.42. The lowest BCUT2D eigenvalue weighted by Crippen LogP contribution is -1.83. The van der Waals surface area contributed by atoms with Crippen molar-refractivity contribution in [1.29, 1.82) is 0 Å². The van der Waals surface area contributed by atoms with Gasteiger partial charge in [0.2, 0.25) is 0 Å².